The maximum Gasteiger partial charge on any atom is 0.243 e. The molecule has 5 rings (SSSR count). The lowest BCUT2D eigenvalue weighted by molar-refractivity contribution is 0.410. The molecule has 0 bridgehead atoms. The van der Waals surface area contributed by atoms with E-state index in [0.29, 0.717) is 5.95 Å². The molecule has 2 unspecified atom stereocenters. The Balaban J connectivity index is 1.44. The highest BCUT2D eigenvalue weighted by atomic mass is 16.5. The van der Waals surface area contributed by atoms with Crippen LogP contribution in [0.2, 0.25) is 0 Å². The number of aromatic nitrogens is 4. The zero-order valence-electron chi connectivity index (χ0n) is 16.1. The number of anilines is 1. The van der Waals surface area contributed by atoms with Gasteiger partial charge in [-0.15, -0.1) is 0 Å². The van der Waals surface area contributed by atoms with Crippen LogP contribution in [0.1, 0.15) is 29.6 Å². The summed E-state index contributed by atoms with van der Waals surface area (Å²) in [7, 11) is 1.67. The first-order valence-corrected chi connectivity index (χ1v) is 9.65. The van der Waals surface area contributed by atoms with E-state index in [1.807, 2.05) is 22.9 Å². The minimum absolute atomic E-state index is 0.0611. The third-order valence-corrected chi connectivity index (χ3v) is 5.47. The van der Waals surface area contributed by atoms with Crippen LogP contribution >= 0.6 is 0 Å². The first-order valence-electron chi connectivity index (χ1n) is 9.65. The summed E-state index contributed by atoms with van der Waals surface area (Å²) in [5.74, 6) is 1.53. The number of hydrogen-bond acceptors (Lipinski definition) is 5. The number of fused-ring (bicyclic) bond motifs is 1. The van der Waals surface area contributed by atoms with Gasteiger partial charge in [0.05, 0.1) is 19.2 Å². The number of benzene rings is 3. The SMILES string of the molecule is COc1ccc(C2CC(c3ccc(-c4ccccc4)cc3)Nc3nnnn32)cc1. The van der Waals surface area contributed by atoms with E-state index < -0.39 is 0 Å². The van der Waals surface area contributed by atoms with Crippen LogP contribution in [0.25, 0.3) is 11.1 Å². The lowest BCUT2D eigenvalue weighted by Gasteiger charge is -2.31. The zero-order chi connectivity index (χ0) is 19.6. The molecule has 1 aromatic heterocycles. The molecule has 1 N–H and O–H groups in total. The van der Waals surface area contributed by atoms with Crippen molar-refractivity contribution in [2.75, 3.05) is 12.4 Å². The Bertz CT molecular complexity index is 1090. The molecule has 0 amide bonds. The van der Waals surface area contributed by atoms with Crippen LogP contribution in [-0.2, 0) is 0 Å². The van der Waals surface area contributed by atoms with Gasteiger partial charge in [-0.1, -0.05) is 71.8 Å². The van der Waals surface area contributed by atoms with Crippen molar-refractivity contribution in [3.63, 3.8) is 0 Å². The number of nitrogens with zero attached hydrogens (tertiary/aromatic N) is 4. The third-order valence-electron chi connectivity index (χ3n) is 5.47. The van der Waals surface area contributed by atoms with Crippen molar-refractivity contribution in [2.24, 2.45) is 0 Å². The van der Waals surface area contributed by atoms with Crippen LogP contribution in [0.3, 0.4) is 0 Å². The van der Waals surface area contributed by atoms with Gasteiger partial charge in [0, 0.05) is 0 Å². The Morgan fingerprint density at radius 1 is 0.862 bits per heavy atom. The first kappa shape index (κ1) is 17.4. The highest BCUT2D eigenvalue weighted by Crippen LogP contribution is 2.37. The van der Waals surface area contributed by atoms with Gasteiger partial charge in [0.25, 0.3) is 0 Å². The Morgan fingerprint density at radius 2 is 1.55 bits per heavy atom. The van der Waals surface area contributed by atoms with Crippen LogP contribution in [0.5, 0.6) is 5.75 Å². The number of rotatable bonds is 4. The number of ether oxygens (including phenoxy) is 1. The predicted molar refractivity (Wildman–Crippen MR) is 112 cm³/mol. The van der Waals surface area contributed by atoms with E-state index in [1.54, 1.807) is 7.11 Å². The molecular formula is C23H21N5O. The van der Waals surface area contributed by atoms with E-state index in [0.717, 1.165) is 17.7 Å². The number of nitrogens with one attached hydrogen (secondary N) is 1. The molecule has 0 aliphatic carbocycles. The summed E-state index contributed by atoms with van der Waals surface area (Å²) in [5.41, 5.74) is 4.81. The minimum atomic E-state index is 0.0611. The van der Waals surface area contributed by atoms with Gasteiger partial charge in [0.15, 0.2) is 0 Å². The lowest BCUT2D eigenvalue weighted by atomic mass is 9.92. The van der Waals surface area contributed by atoms with E-state index in [1.165, 1.54) is 16.7 Å². The maximum absolute atomic E-state index is 5.29. The molecule has 0 fully saturated rings. The van der Waals surface area contributed by atoms with Gasteiger partial charge in [-0.3, -0.25) is 0 Å². The van der Waals surface area contributed by atoms with Crippen molar-refractivity contribution in [3.8, 4) is 16.9 Å². The predicted octanol–water partition coefficient (Wildman–Crippen LogP) is 4.50. The number of tetrazole rings is 1. The summed E-state index contributed by atoms with van der Waals surface area (Å²) in [5, 5.41) is 15.7. The monoisotopic (exact) mass is 383 g/mol. The van der Waals surface area contributed by atoms with E-state index in [9.17, 15) is 0 Å². The first-order chi connectivity index (χ1) is 14.3. The summed E-state index contributed by atoms with van der Waals surface area (Å²) in [6, 6.07) is 27.4. The minimum Gasteiger partial charge on any atom is -0.497 e. The van der Waals surface area contributed by atoms with Gasteiger partial charge in [0.1, 0.15) is 5.75 Å². The van der Waals surface area contributed by atoms with E-state index >= 15 is 0 Å². The molecule has 4 aromatic rings. The summed E-state index contributed by atoms with van der Waals surface area (Å²) in [4.78, 5) is 0. The molecule has 0 spiro atoms. The molecule has 2 atom stereocenters. The van der Waals surface area contributed by atoms with Crippen molar-refractivity contribution in [2.45, 2.75) is 18.5 Å². The fourth-order valence-corrected chi connectivity index (χ4v) is 3.90. The number of hydrogen-bond donors (Lipinski definition) is 1. The second-order valence-corrected chi connectivity index (χ2v) is 7.16. The van der Waals surface area contributed by atoms with Crippen molar-refractivity contribution in [1.29, 1.82) is 0 Å². The normalized spacial score (nSPS) is 18.0. The lowest BCUT2D eigenvalue weighted by Crippen LogP contribution is -2.28. The van der Waals surface area contributed by atoms with Crippen LogP contribution in [-0.4, -0.2) is 27.3 Å². The molecule has 0 saturated carbocycles. The Morgan fingerprint density at radius 3 is 2.28 bits per heavy atom. The van der Waals surface area contributed by atoms with Gasteiger partial charge < -0.3 is 10.1 Å². The molecule has 6 heteroatoms. The second-order valence-electron chi connectivity index (χ2n) is 7.16. The molecule has 0 saturated heterocycles. The van der Waals surface area contributed by atoms with E-state index in [4.69, 9.17) is 4.74 Å². The largest absolute Gasteiger partial charge is 0.497 e. The van der Waals surface area contributed by atoms with Crippen molar-refractivity contribution < 1.29 is 4.74 Å². The Labute approximate surface area is 169 Å². The second kappa shape index (κ2) is 7.39. The summed E-state index contributed by atoms with van der Waals surface area (Å²) in [6.07, 6.45) is 0.856. The molecule has 6 nitrogen and oxygen atoms in total. The molecule has 2 heterocycles. The van der Waals surface area contributed by atoms with Gasteiger partial charge in [0.2, 0.25) is 5.95 Å². The number of methoxy groups -OCH3 is 1. The molecule has 1 aliphatic rings. The molecule has 1 aliphatic heterocycles. The summed E-state index contributed by atoms with van der Waals surface area (Å²) >= 11 is 0. The third kappa shape index (κ3) is 3.33. The maximum atomic E-state index is 5.29. The fourth-order valence-electron chi connectivity index (χ4n) is 3.90. The highest BCUT2D eigenvalue weighted by Gasteiger charge is 2.30. The van der Waals surface area contributed by atoms with Gasteiger partial charge in [-0.05, 0) is 51.2 Å². The van der Waals surface area contributed by atoms with Crippen molar-refractivity contribution in [3.05, 3.63) is 90.0 Å². The van der Waals surface area contributed by atoms with E-state index in [-0.39, 0.29) is 12.1 Å². The Kier molecular flexibility index (Phi) is 4.44. The molecule has 29 heavy (non-hydrogen) atoms. The van der Waals surface area contributed by atoms with Crippen LogP contribution in [0.15, 0.2) is 78.9 Å². The zero-order valence-corrected chi connectivity index (χ0v) is 16.1. The fraction of sp³-hybridized carbons (Fsp3) is 0.174. The molecular weight excluding hydrogens is 362 g/mol. The molecule has 144 valence electrons. The van der Waals surface area contributed by atoms with Gasteiger partial charge in [-0.25, -0.2) is 4.68 Å². The van der Waals surface area contributed by atoms with Crippen LogP contribution in [0, 0.1) is 0 Å². The average Bonchev–Trinajstić information content (AvgIpc) is 3.28. The van der Waals surface area contributed by atoms with Crippen molar-refractivity contribution >= 4 is 5.95 Å². The Hall–Kier alpha value is -3.67. The van der Waals surface area contributed by atoms with Crippen LogP contribution in [0.4, 0.5) is 5.95 Å². The highest BCUT2D eigenvalue weighted by molar-refractivity contribution is 5.63. The summed E-state index contributed by atoms with van der Waals surface area (Å²) in [6.45, 7) is 0. The molecule has 3 aromatic carbocycles. The molecule has 0 radical (unpaired) electrons. The average molecular weight is 383 g/mol. The van der Waals surface area contributed by atoms with Gasteiger partial charge >= 0.3 is 0 Å². The summed E-state index contributed by atoms with van der Waals surface area (Å²) < 4.78 is 7.15. The standard InChI is InChI=1S/C23H21N5O/c1-29-20-13-11-19(12-14-20)22-15-21(24-23-25-26-27-28(22)23)18-9-7-17(8-10-18)16-5-3-2-4-6-16/h2-14,21-22H,15H2,1H3,(H,24,25,27). The van der Waals surface area contributed by atoms with E-state index in [2.05, 4.69) is 81.5 Å². The quantitative estimate of drug-likeness (QED) is 0.562. The van der Waals surface area contributed by atoms with Crippen molar-refractivity contribution in [1.82, 2.24) is 20.2 Å². The smallest absolute Gasteiger partial charge is 0.243 e. The topological polar surface area (TPSA) is 64.9 Å². The van der Waals surface area contributed by atoms with Gasteiger partial charge in [-0.2, -0.15) is 0 Å². The van der Waals surface area contributed by atoms with Crippen LogP contribution < -0.4 is 10.1 Å².